The van der Waals surface area contributed by atoms with Crippen LogP contribution in [0, 0.1) is 12.7 Å². The number of hydrogen-bond acceptors (Lipinski definition) is 5. The van der Waals surface area contributed by atoms with Gasteiger partial charge in [-0.15, -0.1) is 0 Å². The van der Waals surface area contributed by atoms with Crippen molar-refractivity contribution in [2.45, 2.75) is 25.9 Å². The summed E-state index contributed by atoms with van der Waals surface area (Å²) in [5.41, 5.74) is 1.83. The minimum absolute atomic E-state index is 0.160. The van der Waals surface area contributed by atoms with Crippen LogP contribution >= 0.6 is 0 Å². The zero-order chi connectivity index (χ0) is 20.2. The fraction of sp³-hybridized carbons (Fsp3) is 0.273. The highest BCUT2D eigenvalue weighted by atomic mass is 19.1. The molecule has 0 aliphatic carbocycles. The number of likely N-dealkylation sites (tertiary alicyclic amines) is 1. The quantitative estimate of drug-likeness (QED) is 0.678. The summed E-state index contributed by atoms with van der Waals surface area (Å²) in [4.78, 5) is 27.6. The summed E-state index contributed by atoms with van der Waals surface area (Å²) in [5.74, 6) is 0.220. The molecule has 4 rings (SSSR count). The van der Waals surface area contributed by atoms with Crippen molar-refractivity contribution in [1.29, 1.82) is 0 Å². The first kappa shape index (κ1) is 19.0. The van der Waals surface area contributed by atoms with Crippen LogP contribution in [0.4, 0.5) is 4.39 Å². The summed E-state index contributed by atoms with van der Waals surface area (Å²) in [6, 6.07) is 9.58. The minimum Gasteiger partial charge on any atom is -0.472 e. The molecule has 1 atom stereocenters. The molecular weight excluding hydrogens is 371 g/mol. The Morgan fingerprint density at radius 3 is 2.76 bits per heavy atom. The second-order valence-electron chi connectivity index (χ2n) is 7.07. The Morgan fingerprint density at radius 2 is 1.97 bits per heavy atom. The number of piperidine rings is 1. The van der Waals surface area contributed by atoms with Gasteiger partial charge in [-0.3, -0.25) is 4.79 Å². The molecule has 29 heavy (non-hydrogen) atoms. The highest BCUT2D eigenvalue weighted by Gasteiger charge is 2.28. The van der Waals surface area contributed by atoms with Crippen LogP contribution in [-0.4, -0.2) is 45.0 Å². The van der Waals surface area contributed by atoms with Gasteiger partial charge in [0.15, 0.2) is 5.82 Å². The number of hydrogen-bond donors (Lipinski definition) is 0. The predicted octanol–water partition coefficient (Wildman–Crippen LogP) is 3.67. The molecular formula is C22H21FN4O2. The molecule has 1 aliphatic rings. The van der Waals surface area contributed by atoms with E-state index in [1.165, 1.54) is 12.1 Å². The molecule has 1 aliphatic heterocycles. The van der Waals surface area contributed by atoms with Gasteiger partial charge in [0.1, 0.15) is 11.9 Å². The molecule has 0 bridgehead atoms. The van der Waals surface area contributed by atoms with E-state index in [2.05, 4.69) is 15.0 Å². The van der Waals surface area contributed by atoms with Crippen LogP contribution in [0.5, 0.6) is 5.88 Å². The average molecular weight is 392 g/mol. The number of amides is 1. The lowest BCUT2D eigenvalue weighted by Crippen LogP contribution is -2.44. The lowest BCUT2D eigenvalue weighted by molar-refractivity contribution is 0.0528. The minimum atomic E-state index is -0.471. The summed E-state index contributed by atoms with van der Waals surface area (Å²) in [6.45, 7) is 2.98. The van der Waals surface area contributed by atoms with Crippen molar-refractivity contribution < 1.29 is 13.9 Å². The van der Waals surface area contributed by atoms with Crippen LogP contribution in [0.3, 0.4) is 0 Å². The maximum atomic E-state index is 13.9. The fourth-order valence-corrected chi connectivity index (χ4v) is 3.46. The third-order valence-corrected chi connectivity index (χ3v) is 4.86. The molecule has 1 saturated heterocycles. The number of rotatable bonds is 4. The average Bonchev–Trinajstić information content (AvgIpc) is 2.74. The molecule has 1 aromatic carbocycles. The first-order valence-electron chi connectivity index (χ1n) is 9.55. The van der Waals surface area contributed by atoms with E-state index < -0.39 is 5.82 Å². The van der Waals surface area contributed by atoms with Gasteiger partial charge in [-0.25, -0.2) is 19.3 Å². The smallest absolute Gasteiger partial charge is 0.254 e. The summed E-state index contributed by atoms with van der Waals surface area (Å²) < 4.78 is 19.9. The van der Waals surface area contributed by atoms with Gasteiger partial charge in [-0.05, 0) is 55.7 Å². The Hall–Kier alpha value is -3.35. The molecule has 2 aromatic heterocycles. The van der Waals surface area contributed by atoms with Crippen molar-refractivity contribution in [2.75, 3.05) is 13.1 Å². The van der Waals surface area contributed by atoms with E-state index in [0.717, 1.165) is 18.4 Å². The lowest BCUT2D eigenvalue weighted by atomic mass is 10.0. The van der Waals surface area contributed by atoms with Crippen molar-refractivity contribution in [3.63, 3.8) is 0 Å². The van der Waals surface area contributed by atoms with Gasteiger partial charge in [0.25, 0.3) is 5.91 Å². The molecule has 3 heterocycles. The topological polar surface area (TPSA) is 68.2 Å². The van der Waals surface area contributed by atoms with Gasteiger partial charge in [-0.1, -0.05) is 0 Å². The Kier molecular flexibility index (Phi) is 5.46. The molecule has 0 unspecified atom stereocenters. The molecule has 7 heteroatoms. The lowest BCUT2D eigenvalue weighted by Gasteiger charge is -2.33. The molecule has 0 spiro atoms. The van der Waals surface area contributed by atoms with Gasteiger partial charge in [-0.2, -0.15) is 0 Å². The van der Waals surface area contributed by atoms with Crippen molar-refractivity contribution in [2.24, 2.45) is 0 Å². The van der Waals surface area contributed by atoms with Crippen LogP contribution in [0.2, 0.25) is 0 Å². The summed E-state index contributed by atoms with van der Waals surface area (Å²) in [5, 5.41) is 0. The zero-order valence-corrected chi connectivity index (χ0v) is 16.1. The van der Waals surface area contributed by atoms with E-state index in [0.29, 0.717) is 30.4 Å². The number of aromatic nitrogens is 3. The summed E-state index contributed by atoms with van der Waals surface area (Å²) in [6.07, 6.45) is 6.37. The van der Waals surface area contributed by atoms with Crippen molar-refractivity contribution in [3.05, 3.63) is 71.9 Å². The Labute approximate surface area is 168 Å². The maximum absolute atomic E-state index is 13.9. The summed E-state index contributed by atoms with van der Waals surface area (Å²) >= 11 is 0. The number of aryl methyl sites for hydroxylation is 1. The fourth-order valence-electron chi connectivity index (χ4n) is 3.46. The largest absolute Gasteiger partial charge is 0.472 e. The second kappa shape index (κ2) is 8.34. The number of carbonyl (C=O) groups excluding carboxylic acids is 1. The van der Waals surface area contributed by atoms with E-state index >= 15 is 0 Å². The highest BCUT2D eigenvalue weighted by Crippen LogP contribution is 2.25. The number of ether oxygens (including phenoxy) is 1. The SMILES string of the molecule is Cc1ccnc(O[C@@H]2CCCN(C(=O)c3cc(F)ccc3-c3ncccn3)C2)c1. The zero-order valence-electron chi connectivity index (χ0n) is 16.1. The normalized spacial score (nSPS) is 16.5. The van der Waals surface area contributed by atoms with Crippen LogP contribution < -0.4 is 4.74 Å². The first-order chi connectivity index (χ1) is 14.1. The number of benzene rings is 1. The third-order valence-electron chi connectivity index (χ3n) is 4.86. The van der Waals surface area contributed by atoms with Gasteiger partial charge >= 0.3 is 0 Å². The van der Waals surface area contributed by atoms with E-state index in [9.17, 15) is 9.18 Å². The van der Waals surface area contributed by atoms with Crippen molar-refractivity contribution in [3.8, 4) is 17.3 Å². The predicted molar refractivity (Wildman–Crippen MR) is 106 cm³/mol. The van der Waals surface area contributed by atoms with Crippen LogP contribution in [0.25, 0.3) is 11.4 Å². The van der Waals surface area contributed by atoms with Crippen LogP contribution in [-0.2, 0) is 0 Å². The van der Waals surface area contributed by atoms with E-state index in [4.69, 9.17) is 4.74 Å². The molecule has 1 amide bonds. The molecule has 6 nitrogen and oxygen atoms in total. The van der Waals surface area contributed by atoms with Gasteiger partial charge in [0, 0.05) is 36.8 Å². The number of carbonyl (C=O) groups is 1. The van der Waals surface area contributed by atoms with Gasteiger partial charge in [0.05, 0.1) is 12.1 Å². The summed E-state index contributed by atoms with van der Waals surface area (Å²) in [7, 11) is 0. The van der Waals surface area contributed by atoms with Crippen molar-refractivity contribution >= 4 is 5.91 Å². The molecule has 0 N–H and O–H groups in total. The number of nitrogens with zero attached hydrogens (tertiary/aromatic N) is 4. The molecule has 3 aromatic rings. The molecule has 0 radical (unpaired) electrons. The maximum Gasteiger partial charge on any atom is 0.254 e. The second-order valence-corrected chi connectivity index (χ2v) is 7.07. The Bertz CT molecular complexity index is 1010. The van der Waals surface area contributed by atoms with E-state index in [-0.39, 0.29) is 17.6 Å². The monoisotopic (exact) mass is 392 g/mol. The standard InChI is InChI=1S/C22H21FN4O2/c1-15-7-10-24-20(12-15)29-17-4-2-11-27(14-17)22(28)19-13-16(23)5-6-18(19)21-25-8-3-9-26-21/h3,5-10,12-13,17H,2,4,11,14H2,1H3/t17-/m1/s1. The Morgan fingerprint density at radius 1 is 1.14 bits per heavy atom. The number of pyridine rings is 1. The van der Waals surface area contributed by atoms with Crippen LogP contribution in [0.15, 0.2) is 55.0 Å². The highest BCUT2D eigenvalue weighted by molar-refractivity contribution is 6.00. The van der Waals surface area contributed by atoms with E-state index in [1.54, 1.807) is 35.6 Å². The van der Waals surface area contributed by atoms with Gasteiger partial charge in [0.2, 0.25) is 5.88 Å². The molecule has 148 valence electrons. The van der Waals surface area contributed by atoms with E-state index in [1.807, 2.05) is 19.1 Å². The number of halogens is 1. The molecule has 1 fully saturated rings. The van der Waals surface area contributed by atoms with Crippen LogP contribution in [0.1, 0.15) is 28.8 Å². The Balaban J connectivity index is 1.56. The molecule has 0 saturated carbocycles. The first-order valence-corrected chi connectivity index (χ1v) is 9.55. The van der Waals surface area contributed by atoms with Crippen molar-refractivity contribution in [1.82, 2.24) is 19.9 Å². The third kappa shape index (κ3) is 4.39. The van der Waals surface area contributed by atoms with Gasteiger partial charge < -0.3 is 9.64 Å².